The Morgan fingerprint density at radius 2 is 1.97 bits per heavy atom. The molecule has 0 bridgehead atoms. The summed E-state index contributed by atoms with van der Waals surface area (Å²) in [6, 6.07) is 13.0. The van der Waals surface area contributed by atoms with Gasteiger partial charge in [0.2, 0.25) is 0 Å². The molecule has 2 aromatic rings. The molecule has 2 aliphatic heterocycles. The van der Waals surface area contributed by atoms with Crippen LogP contribution in [0.3, 0.4) is 0 Å². The number of amides is 1. The Kier molecular flexibility index (Phi) is 5.62. The fourth-order valence-corrected chi connectivity index (χ4v) is 5.64. The van der Waals surface area contributed by atoms with Crippen molar-refractivity contribution >= 4 is 51.8 Å². The summed E-state index contributed by atoms with van der Waals surface area (Å²) in [5, 5.41) is 1.50. The van der Waals surface area contributed by atoms with E-state index in [-0.39, 0.29) is 11.7 Å². The molecule has 6 nitrogen and oxygen atoms in total. The molecule has 0 N–H and O–H groups in total. The first-order valence-corrected chi connectivity index (χ1v) is 11.1. The second kappa shape index (κ2) is 8.20. The zero-order chi connectivity index (χ0) is 21.4. The lowest BCUT2D eigenvalue weighted by Crippen LogP contribution is -2.29. The topological polar surface area (TPSA) is 62.2 Å². The molecule has 0 spiro atoms. The van der Waals surface area contributed by atoms with Gasteiger partial charge in [0, 0.05) is 30.1 Å². The zero-order valence-corrected chi connectivity index (χ0v) is 18.8. The fourth-order valence-electron chi connectivity index (χ4n) is 3.25. The van der Waals surface area contributed by atoms with Gasteiger partial charge in [-0.05, 0) is 49.9 Å². The molecule has 0 radical (unpaired) electrons. The van der Waals surface area contributed by atoms with E-state index in [9.17, 15) is 9.59 Å². The Morgan fingerprint density at radius 1 is 1.17 bits per heavy atom. The highest BCUT2D eigenvalue weighted by Crippen LogP contribution is 2.51. The van der Waals surface area contributed by atoms with Crippen molar-refractivity contribution in [3.63, 3.8) is 0 Å². The van der Waals surface area contributed by atoms with Crippen molar-refractivity contribution < 1.29 is 14.3 Å². The van der Waals surface area contributed by atoms with Crippen molar-refractivity contribution in [1.29, 1.82) is 0 Å². The zero-order valence-electron chi connectivity index (χ0n) is 17.1. The van der Waals surface area contributed by atoms with Crippen LogP contribution in [0.2, 0.25) is 0 Å². The first-order valence-electron chi connectivity index (χ1n) is 9.46. The number of likely N-dealkylation sites (N-methyl/N-ethyl adjacent to an activating group) is 1. The van der Waals surface area contributed by atoms with Gasteiger partial charge < -0.3 is 9.64 Å². The number of carbonyl (C=O) groups excluding carboxylic acids is 2. The van der Waals surface area contributed by atoms with Crippen LogP contribution >= 0.6 is 23.5 Å². The molecular weight excluding hydrogens is 418 g/mol. The SMILES string of the molecule is CCN1C(=O)C(=C2Sc3ccc(OC)cc3N2C)SC1=Nc1cccc(C(C)=O)c1. The van der Waals surface area contributed by atoms with E-state index < -0.39 is 0 Å². The van der Waals surface area contributed by atoms with Gasteiger partial charge in [0.05, 0.1) is 23.5 Å². The number of hydrogen-bond acceptors (Lipinski definition) is 7. The highest BCUT2D eigenvalue weighted by Gasteiger charge is 2.38. The van der Waals surface area contributed by atoms with E-state index in [0.29, 0.717) is 27.9 Å². The van der Waals surface area contributed by atoms with Gasteiger partial charge in [-0.3, -0.25) is 14.5 Å². The number of ketones is 1. The van der Waals surface area contributed by atoms with Crippen molar-refractivity contribution in [2.45, 2.75) is 18.7 Å². The summed E-state index contributed by atoms with van der Waals surface area (Å²) in [6.07, 6.45) is 0. The van der Waals surface area contributed by atoms with Gasteiger partial charge in [-0.1, -0.05) is 23.9 Å². The predicted molar refractivity (Wildman–Crippen MR) is 123 cm³/mol. The number of ether oxygens (including phenoxy) is 1. The van der Waals surface area contributed by atoms with Gasteiger partial charge >= 0.3 is 0 Å². The molecule has 0 aliphatic carbocycles. The number of carbonyl (C=O) groups is 2. The Labute approximate surface area is 184 Å². The van der Waals surface area contributed by atoms with Crippen LogP contribution in [0.4, 0.5) is 11.4 Å². The summed E-state index contributed by atoms with van der Waals surface area (Å²) in [5.74, 6) is 0.707. The number of aliphatic imine (C=N–C) groups is 1. The average Bonchev–Trinajstić information content (AvgIpc) is 3.23. The van der Waals surface area contributed by atoms with Crippen LogP contribution in [0.1, 0.15) is 24.2 Å². The molecule has 30 heavy (non-hydrogen) atoms. The normalized spacial score (nSPS) is 19.6. The lowest BCUT2D eigenvalue weighted by atomic mass is 10.1. The Morgan fingerprint density at radius 3 is 2.67 bits per heavy atom. The van der Waals surface area contributed by atoms with Gasteiger partial charge in [-0.15, -0.1) is 0 Å². The standard InChI is InChI=1S/C22H21N3O3S2/c1-5-25-20(27)19(21-24(3)17-12-16(28-4)9-10-18(17)29-21)30-22(25)23-15-8-6-7-14(11-15)13(2)26/h6-12H,5H2,1-4H3. The van der Waals surface area contributed by atoms with Crippen molar-refractivity contribution in [3.8, 4) is 5.75 Å². The van der Waals surface area contributed by atoms with Gasteiger partial charge in [0.25, 0.3) is 5.91 Å². The number of anilines is 1. The van der Waals surface area contributed by atoms with Crippen LogP contribution in [0.15, 0.2) is 62.3 Å². The molecule has 1 fully saturated rings. The second-order valence-electron chi connectivity index (χ2n) is 6.78. The van der Waals surface area contributed by atoms with Crippen molar-refractivity contribution in [2.75, 3.05) is 25.6 Å². The molecule has 0 atom stereocenters. The third kappa shape index (κ3) is 3.61. The number of methoxy groups -OCH3 is 1. The largest absolute Gasteiger partial charge is 0.497 e. The van der Waals surface area contributed by atoms with E-state index in [4.69, 9.17) is 4.74 Å². The minimum absolute atomic E-state index is 0.0143. The van der Waals surface area contributed by atoms with Gasteiger partial charge in [-0.2, -0.15) is 0 Å². The first kappa shape index (κ1) is 20.6. The Bertz CT molecular complexity index is 1110. The van der Waals surface area contributed by atoms with E-state index in [1.54, 1.807) is 42.0 Å². The van der Waals surface area contributed by atoms with Crippen LogP contribution in [0.25, 0.3) is 0 Å². The summed E-state index contributed by atoms with van der Waals surface area (Å²) in [7, 11) is 3.60. The number of hydrogen-bond donors (Lipinski definition) is 0. The van der Waals surface area contributed by atoms with Gasteiger partial charge in [0.15, 0.2) is 11.0 Å². The van der Waals surface area contributed by atoms with Crippen molar-refractivity contribution in [2.24, 2.45) is 4.99 Å². The molecule has 1 saturated heterocycles. The van der Waals surface area contributed by atoms with Crippen molar-refractivity contribution in [3.05, 3.63) is 58.0 Å². The average molecular weight is 440 g/mol. The van der Waals surface area contributed by atoms with Crippen LogP contribution in [-0.4, -0.2) is 42.5 Å². The number of benzene rings is 2. The Hall–Kier alpha value is -2.71. The van der Waals surface area contributed by atoms with Crippen molar-refractivity contribution in [1.82, 2.24) is 4.90 Å². The van der Waals surface area contributed by atoms with E-state index in [1.165, 1.54) is 18.7 Å². The molecule has 0 unspecified atom stereocenters. The summed E-state index contributed by atoms with van der Waals surface area (Å²) in [6.45, 7) is 3.97. The van der Waals surface area contributed by atoms with Gasteiger partial charge in [-0.25, -0.2) is 4.99 Å². The number of thioether (sulfide) groups is 2. The third-order valence-electron chi connectivity index (χ3n) is 4.89. The quantitative estimate of drug-likeness (QED) is 0.499. The van der Waals surface area contributed by atoms with Gasteiger partial charge in [0.1, 0.15) is 10.7 Å². The molecule has 1 amide bonds. The molecule has 0 saturated carbocycles. The summed E-state index contributed by atoms with van der Waals surface area (Å²) >= 11 is 2.94. The molecule has 4 rings (SSSR count). The monoisotopic (exact) mass is 439 g/mol. The highest BCUT2D eigenvalue weighted by atomic mass is 32.2. The lowest BCUT2D eigenvalue weighted by molar-refractivity contribution is -0.122. The molecule has 2 aromatic carbocycles. The summed E-state index contributed by atoms with van der Waals surface area (Å²) in [5.41, 5.74) is 2.27. The smallest absolute Gasteiger partial charge is 0.269 e. The minimum atomic E-state index is -0.0573. The number of Topliss-reactive ketones (excluding diaryl/α,β-unsaturated/α-hetero) is 1. The second-order valence-corrected chi connectivity index (χ2v) is 8.79. The number of nitrogens with zero attached hydrogens (tertiary/aromatic N) is 3. The lowest BCUT2D eigenvalue weighted by Gasteiger charge is -2.15. The molecule has 0 aromatic heterocycles. The molecule has 8 heteroatoms. The number of rotatable bonds is 4. The van der Waals surface area contributed by atoms with E-state index in [0.717, 1.165) is 21.4 Å². The molecule has 2 aliphatic rings. The molecule has 2 heterocycles. The first-order chi connectivity index (χ1) is 14.4. The maximum Gasteiger partial charge on any atom is 0.269 e. The molecular formula is C22H21N3O3S2. The maximum absolute atomic E-state index is 13.2. The summed E-state index contributed by atoms with van der Waals surface area (Å²) in [4.78, 5) is 35.0. The molecule has 154 valence electrons. The van der Waals surface area contributed by atoms with Crippen LogP contribution < -0.4 is 9.64 Å². The highest BCUT2D eigenvalue weighted by molar-refractivity contribution is 8.19. The fraction of sp³-hybridized carbons (Fsp3) is 0.227. The van der Waals surface area contributed by atoms with Crippen LogP contribution in [0, 0.1) is 0 Å². The van der Waals surface area contributed by atoms with E-state index in [1.807, 2.05) is 43.1 Å². The minimum Gasteiger partial charge on any atom is -0.497 e. The number of fused-ring (bicyclic) bond motifs is 1. The third-order valence-corrected chi connectivity index (χ3v) is 7.32. The summed E-state index contributed by atoms with van der Waals surface area (Å²) < 4.78 is 5.34. The van der Waals surface area contributed by atoms with Crippen LogP contribution in [-0.2, 0) is 4.79 Å². The van der Waals surface area contributed by atoms with E-state index >= 15 is 0 Å². The number of amidine groups is 1. The maximum atomic E-state index is 13.2. The van der Waals surface area contributed by atoms with Crippen LogP contribution in [0.5, 0.6) is 5.75 Å². The Balaban J connectivity index is 1.71. The van der Waals surface area contributed by atoms with E-state index in [2.05, 4.69) is 4.99 Å². The predicted octanol–water partition coefficient (Wildman–Crippen LogP) is 4.89.